The molecule has 8 aliphatic carbocycles. The van der Waals surface area contributed by atoms with Crippen LogP contribution in [0.25, 0.3) is 0 Å². The van der Waals surface area contributed by atoms with E-state index in [1.807, 2.05) is 13.4 Å². The molecule has 2 aliphatic heterocycles. The van der Waals surface area contributed by atoms with Crippen molar-refractivity contribution in [3.8, 4) is 0 Å². The molecule has 1 saturated heterocycles. The number of likely N-dealkylation sites (tertiary alicyclic amines) is 1. The van der Waals surface area contributed by atoms with Gasteiger partial charge in [0.1, 0.15) is 24.1 Å². The first-order chi connectivity index (χ1) is 29.1. The van der Waals surface area contributed by atoms with Crippen LogP contribution in [0.15, 0.2) is 35.3 Å². The molecule has 8 fully saturated rings. The van der Waals surface area contributed by atoms with Crippen molar-refractivity contribution < 1.29 is 23.7 Å². The maximum Gasteiger partial charge on any atom is 0.508 e. The van der Waals surface area contributed by atoms with Crippen molar-refractivity contribution in [3.05, 3.63) is 35.3 Å². The SMILES string of the molecule is COC1=C2C3CC4CCCCC4C3C3CC(N4CCC(OC(=O)OC5CCC6(C)C(=CCC7C6CCC6(C)C(C(C)CCCC(C)C)CCC76)C5)CC4)CCC3C2OC=C1. The number of rotatable bonds is 9. The average Bonchev–Trinajstić information content (AvgIpc) is 3.82. The normalized spacial score (nSPS) is 45.5. The summed E-state index contributed by atoms with van der Waals surface area (Å²) in [7, 11) is 1.86. The zero-order valence-electron chi connectivity index (χ0n) is 38.7. The third-order valence-electron chi connectivity index (χ3n) is 20.7. The Morgan fingerprint density at radius 3 is 2.47 bits per heavy atom. The summed E-state index contributed by atoms with van der Waals surface area (Å²) in [6, 6.07) is 0.630. The van der Waals surface area contributed by atoms with Crippen molar-refractivity contribution in [3.63, 3.8) is 0 Å². The maximum atomic E-state index is 13.4. The molecular weight excluding hydrogens is 743 g/mol. The zero-order valence-corrected chi connectivity index (χ0v) is 38.7. The first kappa shape index (κ1) is 42.0. The summed E-state index contributed by atoms with van der Waals surface area (Å²) in [5.41, 5.74) is 3.89. The van der Waals surface area contributed by atoms with E-state index >= 15 is 0 Å². The number of nitrogens with zero attached hydrogens (tertiary/aromatic N) is 1. The summed E-state index contributed by atoms with van der Waals surface area (Å²) in [6.45, 7) is 14.7. The Bertz CT molecular complexity index is 1660. The molecular formula is C54H83NO5. The van der Waals surface area contributed by atoms with Crippen LogP contribution in [-0.4, -0.2) is 55.6 Å². The minimum absolute atomic E-state index is 0.0298. The number of carbonyl (C=O) groups excluding carboxylic acids is 1. The van der Waals surface area contributed by atoms with E-state index in [0.717, 1.165) is 110 Å². The summed E-state index contributed by atoms with van der Waals surface area (Å²) in [5.74, 6) is 10.7. The van der Waals surface area contributed by atoms with Gasteiger partial charge in [0, 0.05) is 43.1 Å². The topological polar surface area (TPSA) is 57.2 Å². The molecule has 16 atom stereocenters. The van der Waals surface area contributed by atoms with Gasteiger partial charge in [0.15, 0.2) is 0 Å². The third-order valence-corrected chi connectivity index (χ3v) is 20.7. The molecule has 16 unspecified atom stereocenters. The molecule has 6 heteroatoms. The van der Waals surface area contributed by atoms with E-state index in [0.29, 0.717) is 23.3 Å². The third kappa shape index (κ3) is 7.35. The molecule has 0 aromatic carbocycles. The number of hydrogen-bond acceptors (Lipinski definition) is 6. The van der Waals surface area contributed by atoms with E-state index in [1.54, 1.807) is 5.57 Å². The summed E-state index contributed by atoms with van der Waals surface area (Å²) >= 11 is 0. The van der Waals surface area contributed by atoms with Crippen LogP contribution < -0.4 is 0 Å². The van der Waals surface area contributed by atoms with Crippen molar-refractivity contribution in [2.45, 2.75) is 194 Å². The van der Waals surface area contributed by atoms with Gasteiger partial charge < -0.3 is 23.8 Å². The van der Waals surface area contributed by atoms with E-state index < -0.39 is 6.16 Å². The average molecular weight is 826 g/mol. The van der Waals surface area contributed by atoms with E-state index in [2.05, 4.69) is 51.7 Å². The molecule has 334 valence electrons. The van der Waals surface area contributed by atoms with Gasteiger partial charge in [0.05, 0.1) is 13.4 Å². The van der Waals surface area contributed by atoms with Gasteiger partial charge in [-0.3, -0.25) is 0 Å². The maximum absolute atomic E-state index is 13.4. The fourth-order valence-electron chi connectivity index (χ4n) is 17.9. The van der Waals surface area contributed by atoms with Crippen LogP contribution in [-0.2, 0) is 18.9 Å². The lowest BCUT2D eigenvalue weighted by atomic mass is 9.47. The number of allylic oxidation sites excluding steroid dienone is 2. The van der Waals surface area contributed by atoms with Gasteiger partial charge in [-0.2, -0.15) is 0 Å². The standard InChI is InChI=1S/C54H83NO5/c1-33(2)10-9-11-34(3)45-18-19-46-42-16-14-36-31-39(20-25-53(36,4)47(42)21-26-54(45,46)5)60-52(56)59-38-22-27-55(28-23-38)37-15-17-41-43(32-37)49-40-13-8-7-12-35(40)30-44(49)50-48(57-6)24-29-58-51(41)50/h14,24,29,33-35,37-47,49,51H,7-13,15-23,25-28,30-32H2,1-6H3. The van der Waals surface area contributed by atoms with E-state index in [4.69, 9.17) is 18.9 Å². The monoisotopic (exact) mass is 826 g/mol. The fraction of sp³-hybridized carbons (Fsp3) is 0.870. The lowest BCUT2D eigenvalue weighted by Crippen LogP contribution is -2.54. The number of hydrogen-bond donors (Lipinski definition) is 0. The van der Waals surface area contributed by atoms with Crippen molar-refractivity contribution in [1.82, 2.24) is 4.90 Å². The van der Waals surface area contributed by atoms with Crippen LogP contribution in [0.4, 0.5) is 4.79 Å². The van der Waals surface area contributed by atoms with Crippen molar-refractivity contribution in [2.75, 3.05) is 20.2 Å². The molecule has 10 rings (SSSR count). The minimum atomic E-state index is -0.415. The molecule has 0 bridgehead atoms. The van der Waals surface area contributed by atoms with Crippen LogP contribution in [0.1, 0.15) is 169 Å². The number of fused-ring (bicyclic) bond motifs is 13. The molecule has 0 spiro atoms. The number of ether oxygens (including phenoxy) is 4. The molecule has 0 aromatic heterocycles. The second-order valence-corrected chi connectivity index (χ2v) is 23.7. The molecule has 0 amide bonds. The summed E-state index contributed by atoms with van der Waals surface area (Å²) in [4.78, 5) is 16.2. The Kier molecular flexibility index (Phi) is 11.8. The van der Waals surface area contributed by atoms with Crippen molar-refractivity contribution in [2.24, 2.45) is 81.8 Å². The fourth-order valence-corrected chi connectivity index (χ4v) is 17.9. The second kappa shape index (κ2) is 16.9. The van der Waals surface area contributed by atoms with Crippen LogP contribution >= 0.6 is 0 Å². The molecule has 60 heavy (non-hydrogen) atoms. The minimum Gasteiger partial charge on any atom is -0.497 e. The van der Waals surface area contributed by atoms with Crippen molar-refractivity contribution >= 4 is 6.16 Å². The molecule has 7 saturated carbocycles. The Hall–Kier alpha value is -1.95. The number of methoxy groups -OCH3 is 1. The highest BCUT2D eigenvalue weighted by molar-refractivity contribution is 5.60. The summed E-state index contributed by atoms with van der Waals surface area (Å²) in [5, 5.41) is 0. The Labute approximate surface area is 364 Å². The van der Waals surface area contributed by atoms with Gasteiger partial charge in [-0.15, -0.1) is 0 Å². The van der Waals surface area contributed by atoms with Crippen LogP contribution in [0.2, 0.25) is 0 Å². The summed E-state index contributed by atoms with van der Waals surface area (Å²) < 4.78 is 24.9. The second-order valence-electron chi connectivity index (χ2n) is 23.7. The molecule has 0 aromatic rings. The van der Waals surface area contributed by atoms with Gasteiger partial charge in [-0.25, -0.2) is 4.79 Å². The first-order valence-corrected chi connectivity index (χ1v) is 26.0. The summed E-state index contributed by atoms with van der Waals surface area (Å²) in [6.07, 6.45) is 33.2. The van der Waals surface area contributed by atoms with Gasteiger partial charge in [0.25, 0.3) is 0 Å². The van der Waals surface area contributed by atoms with E-state index in [1.165, 1.54) is 108 Å². The lowest BCUT2D eigenvalue weighted by molar-refractivity contribution is -0.0699. The number of piperidine rings is 1. The molecule has 2 heterocycles. The molecule has 0 N–H and O–H groups in total. The van der Waals surface area contributed by atoms with Gasteiger partial charge in [-0.05, 0) is 166 Å². The predicted octanol–water partition coefficient (Wildman–Crippen LogP) is 13.1. The first-order valence-electron chi connectivity index (χ1n) is 26.0. The lowest BCUT2D eigenvalue weighted by Gasteiger charge is -2.58. The smallest absolute Gasteiger partial charge is 0.497 e. The number of carbonyl (C=O) groups is 1. The highest BCUT2D eigenvalue weighted by Crippen LogP contribution is 2.68. The van der Waals surface area contributed by atoms with E-state index in [-0.39, 0.29) is 23.7 Å². The zero-order chi connectivity index (χ0) is 41.3. The van der Waals surface area contributed by atoms with Crippen LogP contribution in [0.3, 0.4) is 0 Å². The Morgan fingerprint density at radius 2 is 1.65 bits per heavy atom. The van der Waals surface area contributed by atoms with Gasteiger partial charge >= 0.3 is 6.16 Å². The highest BCUT2D eigenvalue weighted by Gasteiger charge is 2.61. The molecule has 10 aliphatic rings. The van der Waals surface area contributed by atoms with Gasteiger partial charge in [0.2, 0.25) is 0 Å². The highest BCUT2D eigenvalue weighted by atomic mass is 16.7. The predicted molar refractivity (Wildman–Crippen MR) is 239 cm³/mol. The van der Waals surface area contributed by atoms with Gasteiger partial charge in [-0.1, -0.05) is 84.8 Å². The molecule has 6 nitrogen and oxygen atoms in total. The van der Waals surface area contributed by atoms with E-state index in [9.17, 15) is 4.79 Å². The van der Waals surface area contributed by atoms with Crippen LogP contribution in [0.5, 0.6) is 0 Å². The largest absolute Gasteiger partial charge is 0.508 e. The Balaban J connectivity index is 0.714. The molecule has 0 radical (unpaired) electrons. The van der Waals surface area contributed by atoms with Crippen molar-refractivity contribution in [1.29, 1.82) is 0 Å². The van der Waals surface area contributed by atoms with Crippen LogP contribution in [0, 0.1) is 81.8 Å². The quantitative estimate of drug-likeness (QED) is 0.170. The Morgan fingerprint density at radius 1 is 0.833 bits per heavy atom.